The molecule has 1 rings (SSSR count). The molecular weight excluding hydrogens is 247 g/mol. The number of esters is 1. The zero-order chi connectivity index (χ0) is 12.8. The molecule has 0 saturated carbocycles. The second kappa shape index (κ2) is 6.25. The molecule has 5 heteroatoms. The fourth-order valence-corrected chi connectivity index (χ4v) is 1.41. The molecule has 0 N–H and O–H groups in total. The van der Waals surface area contributed by atoms with Crippen molar-refractivity contribution in [1.82, 2.24) is 0 Å². The first-order valence-corrected chi connectivity index (χ1v) is 5.34. The van der Waals surface area contributed by atoms with E-state index in [0.717, 1.165) is 6.08 Å². The first kappa shape index (κ1) is 13.5. The number of rotatable bonds is 4. The molecule has 0 bridgehead atoms. The number of methoxy groups -OCH3 is 1. The normalized spacial score (nSPS) is 10.6. The lowest BCUT2D eigenvalue weighted by atomic mass is 10.2. The van der Waals surface area contributed by atoms with E-state index in [1.807, 2.05) is 0 Å². The molecule has 0 spiro atoms. The van der Waals surface area contributed by atoms with Crippen LogP contribution in [0.25, 0.3) is 6.08 Å². The first-order valence-electron chi connectivity index (χ1n) is 4.97. The van der Waals surface area contributed by atoms with Crippen molar-refractivity contribution in [1.29, 1.82) is 0 Å². The number of ether oxygens (including phenoxy) is 2. The Morgan fingerprint density at radius 2 is 2.24 bits per heavy atom. The molecule has 1 aromatic carbocycles. The quantitative estimate of drug-likeness (QED) is 0.615. The predicted molar refractivity (Wildman–Crippen MR) is 63.6 cm³/mol. The van der Waals surface area contributed by atoms with Crippen molar-refractivity contribution in [2.24, 2.45) is 0 Å². The van der Waals surface area contributed by atoms with Crippen LogP contribution < -0.4 is 4.74 Å². The molecule has 0 amide bonds. The smallest absolute Gasteiger partial charge is 0.330 e. The Kier molecular flexibility index (Phi) is 4.97. The fourth-order valence-electron chi connectivity index (χ4n) is 1.20. The van der Waals surface area contributed by atoms with Crippen LogP contribution in [0.5, 0.6) is 5.75 Å². The Morgan fingerprint density at radius 1 is 1.53 bits per heavy atom. The average Bonchev–Trinajstić information content (AvgIpc) is 2.29. The summed E-state index contributed by atoms with van der Waals surface area (Å²) in [5, 5.41) is 0.198. The van der Waals surface area contributed by atoms with Crippen molar-refractivity contribution in [3.63, 3.8) is 0 Å². The van der Waals surface area contributed by atoms with Crippen LogP contribution in [-0.4, -0.2) is 19.7 Å². The van der Waals surface area contributed by atoms with Crippen molar-refractivity contribution < 1.29 is 18.7 Å². The van der Waals surface area contributed by atoms with Gasteiger partial charge in [0.15, 0.2) is 11.6 Å². The van der Waals surface area contributed by atoms with E-state index < -0.39 is 11.8 Å². The van der Waals surface area contributed by atoms with Gasteiger partial charge >= 0.3 is 5.97 Å². The number of carbonyl (C=O) groups is 1. The van der Waals surface area contributed by atoms with Crippen LogP contribution in [0, 0.1) is 5.82 Å². The standard InChI is InChI=1S/C12H12ClFO3/c1-3-17-11(15)7-4-8-9(13)5-6-10(16-2)12(8)14/h4-7H,3H2,1-2H3. The largest absolute Gasteiger partial charge is 0.494 e. The van der Waals surface area contributed by atoms with Gasteiger partial charge in [0.05, 0.1) is 18.7 Å². The molecule has 0 atom stereocenters. The van der Waals surface area contributed by atoms with Gasteiger partial charge in [-0.2, -0.15) is 0 Å². The van der Waals surface area contributed by atoms with Gasteiger partial charge in [0.2, 0.25) is 0 Å². The lowest BCUT2D eigenvalue weighted by Gasteiger charge is -2.05. The highest BCUT2D eigenvalue weighted by atomic mass is 35.5. The molecule has 0 aliphatic heterocycles. The average molecular weight is 259 g/mol. The van der Waals surface area contributed by atoms with Crippen LogP contribution >= 0.6 is 11.6 Å². The van der Waals surface area contributed by atoms with Crippen molar-refractivity contribution in [3.05, 3.63) is 34.6 Å². The fraction of sp³-hybridized carbons (Fsp3) is 0.250. The second-order valence-electron chi connectivity index (χ2n) is 3.06. The zero-order valence-electron chi connectivity index (χ0n) is 9.50. The molecule has 17 heavy (non-hydrogen) atoms. The van der Waals surface area contributed by atoms with Gasteiger partial charge in [-0.05, 0) is 25.1 Å². The van der Waals surface area contributed by atoms with E-state index in [1.54, 1.807) is 6.92 Å². The minimum atomic E-state index is -0.611. The summed E-state index contributed by atoms with van der Waals surface area (Å²) >= 11 is 5.82. The van der Waals surface area contributed by atoms with Crippen LogP contribution in [0.1, 0.15) is 12.5 Å². The van der Waals surface area contributed by atoms with E-state index in [4.69, 9.17) is 16.3 Å². The Labute approximate surface area is 104 Å². The lowest BCUT2D eigenvalue weighted by Crippen LogP contribution is -1.99. The Bertz CT molecular complexity index is 444. The van der Waals surface area contributed by atoms with Crippen molar-refractivity contribution >= 4 is 23.6 Å². The van der Waals surface area contributed by atoms with E-state index in [2.05, 4.69) is 4.74 Å². The van der Waals surface area contributed by atoms with Crippen LogP contribution in [0.15, 0.2) is 18.2 Å². The van der Waals surface area contributed by atoms with E-state index in [9.17, 15) is 9.18 Å². The molecule has 0 fully saturated rings. The van der Waals surface area contributed by atoms with Crippen LogP contribution in [-0.2, 0) is 9.53 Å². The molecular formula is C12H12ClFO3. The second-order valence-corrected chi connectivity index (χ2v) is 3.47. The number of carbonyl (C=O) groups excluding carboxylic acids is 1. The number of hydrogen-bond donors (Lipinski definition) is 0. The third kappa shape index (κ3) is 3.46. The molecule has 3 nitrogen and oxygen atoms in total. The summed E-state index contributed by atoms with van der Waals surface area (Å²) in [5.74, 6) is -1.09. The van der Waals surface area contributed by atoms with Gasteiger partial charge in [0.1, 0.15) is 0 Å². The minimum absolute atomic E-state index is 0.0675. The number of halogens is 2. The lowest BCUT2D eigenvalue weighted by molar-refractivity contribution is -0.137. The van der Waals surface area contributed by atoms with Gasteiger partial charge < -0.3 is 9.47 Å². The summed E-state index contributed by atoms with van der Waals surface area (Å²) in [6.07, 6.45) is 2.38. The minimum Gasteiger partial charge on any atom is -0.494 e. The summed E-state index contributed by atoms with van der Waals surface area (Å²) in [4.78, 5) is 11.1. The third-order valence-corrected chi connectivity index (χ3v) is 2.31. The monoisotopic (exact) mass is 258 g/mol. The topological polar surface area (TPSA) is 35.5 Å². The molecule has 0 aliphatic carbocycles. The highest BCUT2D eigenvalue weighted by Gasteiger charge is 2.10. The highest BCUT2D eigenvalue weighted by Crippen LogP contribution is 2.28. The molecule has 0 saturated heterocycles. The van der Waals surface area contributed by atoms with E-state index >= 15 is 0 Å². The van der Waals surface area contributed by atoms with Gasteiger partial charge in [-0.1, -0.05) is 11.6 Å². The third-order valence-electron chi connectivity index (χ3n) is 1.98. The maximum Gasteiger partial charge on any atom is 0.330 e. The summed E-state index contributed by atoms with van der Waals surface area (Å²) in [6.45, 7) is 1.95. The van der Waals surface area contributed by atoms with E-state index in [0.29, 0.717) is 0 Å². The molecule has 0 aromatic heterocycles. The van der Waals surface area contributed by atoms with E-state index in [-0.39, 0.29) is 22.9 Å². The Hall–Kier alpha value is -1.55. The SMILES string of the molecule is CCOC(=O)C=Cc1c(Cl)ccc(OC)c1F. The maximum atomic E-state index is 13.8. The zero-order valence-corrected chi connectivity index (χ0v) is 10.3. The van der Waals surface area contributed by atoms with Gasteiger partial charge in [-0.3, -0.25) is 0 Å². The van der Waals surface area contributed by atoms with E-state index in [1.165, 1.54) is 25.3 Å². The molecule has 92 valence electrons. The Balaban J connectivity index is 3.01. The van der Waals surface area contributed by atoms with Gasteiger partial charge in [0, 0.05) is 11.6 Å². The molecule has 0 heterocycles. The van der Waals surface area contributed by atoms with Crippen molar-refractivity contribution in [2.45, 2.75) is 6.92 Å². The summed E-state index contributed by atoms with van der Waals surface area (Å²) in [7, 11) is 1.35. The van der Waals surface area contributed by atoms with Crippen LogP contribution in [0.2, 0.25) is 5.02 Å². The van der Waals surface area contributed by atoms with Crippen molar-refractivity contribution in [3.8, 4) is 5.75 Å². The van der Waals surface area contributed by atoms with Crippen LogP contribution in [0.4, 0.5) is 4.39 Å². The van der Waals surface area contributed by atoms with Gasteiger partial charge in [-0.15, -0.1) is 0 Å². The molecule has 0 aliphatic rings. The highest BCUT2D eigenvalue weighted by molar-refractivity contribution is 6.32. The van der Waals surface area contributed by atoms with Crippen molar-refractivity contribution in [2.75, 3.05) is 13.7 Å². The van der Waals surface area contributed by atoms with Gasteiger partial charge in [0.25, 0.3) is 0 Å². The predicted octanol–water partition coefficient (Wildman–Crippen LogP) is 3.06. The molecule has 1 aromatic rings. The number of hydrogen-bond acceptors (Lipinski definition) is 3. The molecule has 0 unspecified atom stereocenters. The summed E-state index contributed by atoms with van der Waals surface area (Å²) < 4.78 is 23.2. The van der Waals surface area contributed by atoms with Crippen LogP contribution in [0.3, 0.4) is 0 Å². The maximum absolute atomic E-state index is 13.8. The number of benzene rings is 1. The molecule has 0 radical (unpaired) electrons. The van der Waals surface area contributed by atoms with Gasteiger partial charge in [-0.25, -0.2) is 9.18 Å². The summed E-state index contributed by atoms with van der Waals surface area (Å²) in [5.41, 5.74) is 0.0964. The summed E-state index contributed by atoms with van der Waals surface area (Å²) in [6, 6.07) is 2.91. The first-order chi connectivity index (χ1) is 8.10. The Morgan fingerprint density at radius 3 is 2.82 bits per heavy atom.